The zero-order valence-corrected chi connectivity index (χ0v) is 16.9. The maximum Gasteiger partial charge on any atom is 0.287 e. The quantitative estimate of drug-likeness (QED) is 0.687. The molecule has 3 rings (SSSR count). The second-order valence-corrected chi connectivity index (χ2v) is 7.47. The third-order valence-corrected chi connectivity index (χ3v) is 5.18. The molecule has 0 saturated carbocycles. The molecule has 0 spiro atoms. The van der Waals surface area contributed by atoms with Gasteiger partial charge in [-0.05, 0) is 38.2 Å². The van der Waals surface area contributed by atoms with Gasteiger partial charge in [0.1, 0.15) is 5.69 Å². The summed E-state index contributed by atoms with van der Waals surface area (Å²) in [5.41, 5.74) is 3.53. The van der Waals surface area contributed by atoms with Crippen molar-refractivity contribution in [2.45, 2.75) is 65.5 Å². The van der Waals surface area contributed by atoms with Crippen LogP contribution in [0.25, 0.3) is 0 Å². The maximum atomic E-state index is 12.8. The average molecular weight is 383 g/mol. The van der Waals surface area contributed by atoms with Crippen LogP contribution in [0.1, 0.15) is 77.0 Å². The van der Waals surface area contributed by atoms with Crippen LogP contribution in [0, 0.1) is 6.92 Å². The molecular weight excluding hydrogens is 352 g/mol. The highest BCUT2D eigenvalue weighted by atomic mass is 16.2. The number of rotatable bonds is 8. The van der Waals surface area contributed by atoms with Crippen molar-refractivity contribution in [3.63, 3.8) is 0 Å². The summed E-state index contributed by atoms with van der Waals surface area (Å²) in [6, 6.07) is 8.07. The van der Waals surface area contributed by atoms with Crippen molar-refractivity contribution in [1.29, 1.82) is 0 Å². The van der Waals surface area contributed by atoms with Crippen molar-refractivity contribution in [2.24, 2.45) is 0 Å². The average Bonchev–Trinajstić information content (AvgIpc) is 3.10. The molecule has 28 heavy (non-hydrogen) atoms. The number of aromatic nitrogens is 2. The van der Waals surface area contributed by atoms with Crippen LogP contribution in [0.2, 0.25) is 0 Å². The van der Waals surface area contributed by atoms with Gasteiger partial charge in [0.25, 0.3) is 11.8 Å². The van der Waals surface area contributed by atoms with Crippen molar-refractivity contribution in [3.8, 4) is 0 Å². The van der Waals surface area contributed by atoms with Gasteiger partial charge in [-0.2, -0.15) is 0 Å². The molecule has 2 N–H and O–H groups in total. The second kappa shape index (κ2) is 9.53. The van der Waals surface area contributed by atoms with Crippen LogP contribution in [-0.2, 0) is 19.5 Å². The van der Waals surface area contributed by atoms with Gasteiger partial charge in [-0.3, -0.25) is 9.59 Å². The predicted molar refractivity (Wildman–Crippen MR) is 109 cm³/mol. The number of carbonyl (C=O) groups excluding carboxylic acids is 2. The summed E-state index contributed by atoms with van der Waals surface area (Å²) in [5, 5.41) is 5.90. The van der Waals surface area contributed by atoms with E-state index in [-0.39, 0.29) is 11.8 Å². The molecule has 0 atom stereocenters. The van der Waals surface area contributed by atoms with Crippen LogP contribution in [-0.4, -0.2) is 27.9 Å². The summed E-state index contributed by atoms with van der Waals surface area (Å²) in [6.45, 7) is 6.00. The summed E-state index contributed by atoms with van der Waals surface area (Å²) in [7, 11) is 0. The standard InChI is InChI=1S/C22H30N4O2/c1-3-4-6-13-23-21(27)19-18-8-5-7-14-26(18)20(25-19)22(28)24-15-17-11-9-16(2)10-12-17/h9-12H,3-8,13-15H2,1-2H3,(H,23,27)(H,24,28). The lowest BCUT2D eigenvalue weighted by molar-refractivity contribution is 0.0935. The molecule has 150 valence electrons. The SMILES string of the molecule is CCCCCNC(=O)c1nc(C(=O)NCc2ccc(C)cc2)n2c1CCCC2. The van der Waals surface area contributed by atoms with Crippen LogP contribution in [0.5, 0.6) is 0 Å². The Hall–Kier alpha value is -2.63. The number of hydrogen-bond acceptors (Lipinski definition) is 3. The van der Waals surface area contributed by atoms with E-state index < -0.39 is 0 Å². The Kier molecular flexibility index (Phi) is 6.85. The van der Waals surface area contributed by atoms with E-state index in [0.717, 1.165) is 56.3 Å². The minimum atomic E-state index is -0.228. The summed E-state index contributed by atoms with van der Waals surface area (Å²) >= 11 is 0. The van der Waals surface area contributed by atoms with Gasteiger partial charge in [-0.25, -0.2) is 4.98 Å². The molecule has 1 aromatic heterocycles. The highest BCUT2D eigenvalue weighted by Gasteiger charge is 2.27. The maximum absolute atomic E-state index is 12.8. The molecule has 0 bridgehead atoms. The molecule has 6 nitrogen and oxygen atoms in total. The zero-order valence-electron chi connectivity index (χ0n) is 16.9. The van der Waals surface area contributed by atoms with Crippen molar-refractivity contribution in [2.75, 3.05) is 6.54 Å². The molecule has 2 aromatic rings. The van der Waals surface area contributed by atoms with Gasteiger partial charge < -0.3 is 15.2 Å². The van der Waals surface area contributed by atoms with E-state index in [1.165, 1.54) is 5.56 Å². The first-order chi connectivity index (χ1) is 13.6. The molecule has 1 aliphatic heterocycles. The third kappa shape index (κ3) is 4.80. The number of benzene rings is 1. The Labute approximate surface area is 166 Å². The van der Waals surface area contributed by atoms with Gasteiger partial charge in [0, 0.05) is 19.6 Å². The predicted octanol–water partition coefficient (Wildman–Crippen LogP) is 3.38. The van der Waals surface area contributed by atoms with Crippen LogP contribution in [0.3, 0.4) is 0 Å². The number of nitrogens with one attached hydrogen (secondary N) is 2. The smallest absolute Gasteiger partial charge is 0.287 e. The molecule has 0 aliphatic carbocycles. The van der Waals surface area contributed by atoms with Gasteiger partial charge in [0.05, 0.1) is 5.69 Å². The molecule has 0 fully saturated rings. The van der Waals surface area contributed by atoms with E-state index in [1.807, 2.05) is 35.8 Å². The largest absolute Gasteiger partial charge is 0.351 e. The normalized spacial score (nSPS) is 13.1. The number of hydrogen-bond donors (Lipinski definition) is 2. The Morgan fingerprint density at radius 1 is 1.07 bits per heavy atom. The molecular formula is C22H30N4O2. The highest BCUT2D eigenvalue weighted by Crippen LogP contribution is 2.21. The van der Waals surface area contributed by atoms with Crippen molar-refractivity contribution in [3.05, 3.63) is 52.6 Å². The second-order valence-electron chi connectivity index (χ2n) is 7.47. The summed E-state index contributed by atoms with van der Waals surface area (Å²) in [4.78, 5) is 29.8. The van der Waals surface area contributed by atoms with Gasteiger partial charge in [0.15, 0.2) is 5.82 Å². The fourth-order valence-corrected chi connectivity index (χ4v) is 3.53. The number of unbranched alkanes of at least 4 members (excludes halogenated alkanes) is 2. The molecule has 1 aromatic carbocycles. The first-order valence-corrected chi connectivity index (χ1v) is 10.3. The Bertz CT molecular complexity index is 824. The van der Waals surface area contributed by atoms with Gasteiger partial charge >= 0.3 is 0 Å². The van der Waals surface area contributed by atoms with Crippen LogP contribution in [0.4, 0.5) is 0 Å². The first kappa shape index (κ1) is 20.1. The molecule has 1 aliphatic rings. The Morgan fingerprint density at radius 3 is 2.61 bits per heavy atom. The lowest BCUT2D eigenvalue weighted by Gasteiger charge is -2.17. The van der Waals surface area contributed by atoms with Crippen LogP contribution >= 0.6 is 0 Å². The summed E-state index contributed by atoms with van der Waals surface area (Å²) < 4.78 is 1.93. The highest BCUT2D eigenvalue weighted by molar-refractivity contribution is 5.97. The van der Waals surface area contributed by atoms with Crippen LogP contribution < -0.4 is 10.6 Å². The van der Waals surface area contributed by atoms with E-state index in [2.05, 4.69) is 22.5 Å². The molecule has 6 heteroatoms. The Morgan fingerprint density at radius 2 is 1.86 bits per heavy atom. The zero-order chi connectivity index (χ0) is 19.9. The number of nitrogens with zero attached hydrogens (tertiary/aromatic N) is 2. The number of fused-ring (bicyclic) bond motifs is 1. The summed E-state index contributed by atoms with van der Waals surface area (Å²) in [5.74, 6) is -0.0476. The van der Waals surface area contributed by atoms with Crippen molar-refractivity contribution < 1.29 is 9.59 Å². The lowest BCUT2D eigenvalue weighted by atomic mass is 10.1. The minimum Gasteiger partial charge on any atom is -0.351 e. The Balaban J connectivity index is 1.71. The number of amides is 2. The van der Waals surface area contributed by atoms with Gasteiger partial charge in [-0.15, -0.1) is 0 Å². The molecule has 2 amide bonds. The monoisotopic (exact) mass is 382 g/mol. The molecule has 2 heterocycles. The van der Waals surface area contributed by atoms with Crippen molar-refractivity contribution in [1.82, 2.24) is 20.2 Å². The van der Waals surface area contributed by atoms with Gasteiger partial charge in [-0.1, -0.05) is 49.6 Å². The topological polar surface area (TPSA) is 76.0 Å². The van der Waals surface area contributed by atoms with E-state index in [1.54, 1.807) is 0 Å². The molecule has 0 unspecified atom stereocenters. The number of imidazole rings is 1. The molecule has 0 radical (unpaired) electrons. The minimum absolute atomic E-state index is 0.167. The van der Waals surface area contributed by atoms with E-state index in [0.29, 0.717) is 24.6 Å². The fraction of sp³-hybridized carbons (Fsp3) is 0.500. The van der Waals surface area contributed by atoms with Crippen molar-refractivity contribution >= 4 is 11.8 Å². The number of carbonyl (C=O) groups is 2. The van der Waals surface area contributed by atoms with E-state index in [4.69, 9.17) is 0 Å². The van der Waals surface area contributed by atoms with Gasteiger partial charge in [0.2, 0.25) is 0 Å². The first-order valence-electron chi connectivity index (χ1n) is 10.3. The van der Waals surface area contributed by atoms with E-state index >= 15 is 0 Å². The van der Waals surface area contributed by atoms with Crippen LogP contribution in [0.15, 0.2) is 24.3 Å². The summed E-state index contributed by atoms with van der Waals surface area (Å²) in [6.07, 6.45) is 5.97. The fourth-order valence-electron chi connectivity index (χ4n) is 3.53. The lowest BCUT2D eigenvalue weighted by Crippen LogP contribution is -2.27. The van der Waals surface area contributed by atoms with E-state index in [9.17, 15) is 9.59 Å². The third-order valence-electron chi connectivity index (χ3n) is 5.18. The molecule has 0 saturated heterocycles. The number of aryl methyl sites for hydroxylation is 1.